The fourth-order valence-corrected chi connectivity index (χ4v) is 1.96. The molecule has 0 heterocycles. The summed E-state index contributed by atoms with van der Waals surface area (Å²) in [5.74, 6) is 0. The molecule has 0 aliphatic rings. The smallest absolute Gasteiger partial charge is 0.0741 e. The Labute approximate surface area is 118 Å². The number of thiocarbonyl (C=S) groups is 1. The Kier molecular flexibility index (Phi) is 4.62. The van der Waals surface area contributed by atoms with Crippen LogP contribution in [0.15, 0.2) is 72.2 Å². The first-order valence-corrected chi connectivity index (χ1v) is 6.37. The van der Waals surface area contributed by atoms with Gasteiger partial charge < -0.3 is 4.90 Å². The first kappa shape index (κ1) is 13.2. The van der Waals surface area contributed by atoms with Crippen molar-refractivity contribution in [3.63, 3.8) is 0 Å². The van der Waals surface area contributed by atoms with Crippen LogP contribution in [-0.4, -0.2) is 11.7 Å². The van der Waals surface area contributed by atoms with Gasteiger partial charge in [0.2, 0.25) is 0 Å². The minimum absolute atomic E-state index is 0.750. The Morgan fingerprint density at radius 2 is 1.68 bits per heavy atom. The zero-order valence-corrected chi connectivity index (χ0v) is 11.3. The van der Waals surface area contributed by atoms with Gasteiger partial charge >= 0.3 is 0 Å². The highest BCUT2D eigenvalue weighted by Crippen LogP contribution is 2.26. The maximum atomic E-state index is 4.60. The van der Waals surface area contributed by atoms with E-state index in [0.29, 0.717) is 0 Å². The quantitative estimate of drug-likeness (QED) is 0.441. The van der Waals surface area contributed by atoms with E-state index in [2.05, 4.69) is 46.0 Å². The topological polar surface area (TPSA) is 15.6 Å². The first-order valence-electron chi connectivity index (χ1n) is 5.96. The maximum Gasteiger partial charge on any atom is 0.0741 e. The Morgan fingerprint density at radius 1 is 1.05 bits per heavy atom. The molecule has 2 aromatic rings. The molecular formula is C16H14N2S. The van der Waals surface area contributed by atoms with Crippen molar-refractivity contribution in [1.82, 2.24) is 0 Å². The summed E-state index contributed by atoms with van der Waals surface area (Å²) in [6.07, 6.45) is 1.89. The number of isothiocyanates is 1. The number of para-hydroxylation sites is 1. The molecule has 0 saturated heterocycles. The minimum Gasteiger partial charge on any atom is -0.338 e. The molecule has 0 unspecified atom stereocenters. The lowest BCUT2D eigenvalue weighted by Gasteiger charge is -2.23. The van der Waals surface area contributed by atoms with Crippen molar-refractivity contribution in [2.75, 3.05) is 11.4 Å². The van der Waals surface area contributed by atoms with Crippen LogP contribution < -0.4 is 4.90 Å². The van der Waals surface area contributed by atoms with E-state index < -0.39 is 0 Å². The third kappa shape index (κ3) is 3.38. The molecule has 2 rings (SSSR count). The summed E-state index contributed by atoms with van der Waals surface area (Å²) in [6.45, 7) is 4.56. The molecule has 0 fully saturated rings. The van der Waals surface area contributed by atoms with E-state index in [1.165, 1.54) is 0 Å². The molecule has 19 heavy (non-hydrogen) atoms. The second-order valence-corrected chi connectivity index (χ2v) is 4.14. The van der Waals surface area contributed by atoms with Gasteiger partial charge in [-0.2, -0.15) is 4.99 Å². The zero-order chi connectivity index (χ0) is 13.5. The molecule has 0 atom stereocenters. The number of benzene rings is 2. The van der Waals surface area contributed by atoms with Gasteiger partial charge in [-0.3, -0.25) is 0 Å². The van der Waals surface area contributed by atoms with E-state index in [1.54, 1.807) is 0 Å². The standard InChI is InChI=1S/C16H14N2S/c1-2-12-18(15-6-4-3-5-7-15)16-10-8-14(9-11-16)17-13-19/h2-11H,1,12H2. The van der Waals surface area contributed by atoms with Crippen molar-refractivity contribution in [3.8, 4) is 0 Å². The summed E-state index contributed by atoms with van der Waals surface area (Å²) >= 11 is 4.60. The van der Waals surface area contributed by atoms with E-state index in [-0.39, 0.29) is 0 Å². The van der Waals surface area contributed by atoms with Crippen molar-refractivity contribution >= 4 is 34.4 Å². The highest BCUT2D eigenvalue weighted by molar-refractivity contribution is 7.78. The summed E-state index contributed by atoms with van der Waals surface area (Å²) in [4.78, 5) is 6.13. The van der Waals surface area contributed by atoms with Crippen LogP contribution in [0.4, 0.5) is 17.1 Å². The predicted molar refractivity (Wildman–Crippen MR) is 84.8 cm³/mol. The third-order valence-electron chi connectivity index (χ3n) is 2.72. The largest absolute Gasteiger partial charge is 0.338 e. The lowest BCUT2D eigenvalue weighted by atomic mass is 10.2. The molecule has 0 N–H and O–H groups in total. The molecule has 2 aromatic carbocycles. The minimum atomic E-state index is 0.750. The number of anilines is 2. The second kappa shape index (κ2) is 6.64. The fraction of sp³-hybridized carbons (Fsp3) is 0.0625. The van der Waals surface area contributed by atoms with Gasteiger partial charge in [-0.1, -0.05) is 24.3 Å². The molecule has 94 valence electrons. The summed E-state index contributed by atoms with van der Waals surface area (Å²) in [5, 5.41) is 2.37. The van der Waals surface area contributed by atoms with Gasteiger partial charge in [0, 0.05) is 17.9 Å². The number of aliphatic imine (C=N–C) groups is 1. The molecular weight excluding hydrogens is 252 g/mol. The zero-order valence-electron chi connectivity index (χ0n) is 10.5. The SMILES string of the molecule is C=CCN(c1ccccc1)c1ccc(N=C=S)cc1. The molecule has 0 radical (unpaired) electrons. The van der Waals surface area contributed by atoms with E-state index in [0.717, 1.165) is 23.6 Å². The molecule has 0 saturated carbocycles. The van der Waals surface area contributed by atoms with Crippen molar-refractivity contribution in [2.45, 2.75) is 0 Å². The highest BCUT2D eigenvalue weighted by atomic mass is 32.1. The van der Waals surface area contributed by atoms with Crippen LogP contribution in [0.1, 0.15) is 0 Å². The average Bonchev–Trinajstić information content (AvgIpc) is 2.47. The number of hydrogen-bond acceptors (Lipinski definition) is 3. The van der Waals surface area contributed by atoms with Gasteiger partial charge in [-0.05, 0) is 48.6 Å². The van der Waals surface area contributed by atoms with Gasteiger partial charge in [-0.15, -0.1) is 6.58 Å². The number of hydrogen-bond donors (Lipinski definition) is 0. The molecule has 0 bridgehead atoms. The average molecular weight is 266 g/mol. The van der Waals surface area contributed by atoms with E-state index in [4.69, 9.17) is 0 Å². The van der Waals surface area contributed by atoms with Crippen molar-refractivity contribution in [2.24, 2.45) is 4.99 Å². The molecule has 0 spiro atoms. The van der Waals surface area contributed by atoms with E-state index >= 15 is 0 Å². The van der Waals surface area contributed by atoms with Crippen LogP contribution in [0.2, 0.25) is 0 Å². The molecule has 0 amide bonds. The molecule has 3 heteroatoms. The van der Waals surface area contributed by atoms with Gasteiger partial charge in [0.1, 0.15) is 0 Å². The van der Waals surface area contributed by atoms with Crippen molar-refractivity contribution < 1.29 is 0 Å². The normalized spacial score (nSPS) is 9.47. The monoisotopic (exact) mass is 266 g/mol. The Morgan fingerprint density at radius 3 is 2.26 bits per heavy atom. The van der Waals surface area contributed by atoms with Crippen LogP contribution in [0.25, 0.3) is 0 Å². The molecule has 0 aliphatic heterocycles. The lowest BCUT2D eigenvalue weighted by Crippen LogP contribution is -2.16. The van der Waals surface area contributed by atoms with Crippen LogP contribution in [0.5, 0.6) is 0 Å². The summed E-state index contributed by atoms with van der Waals surface area (Å²) in [7, 11) is 0. The van der Waals surface area contributed by atoms with Crippen molar-refractivity contribution in [3.05, 3.63) is 67.3 Å². The van der Waals surface area contributed by atoms with Gasteiger partial charge in [0.15, 0.2) is 0 Å². The van der Waals surface area contributed by atoms with Crippen LogP contribution >= 0.6 is 12.2 Å². The van der Waals surface area contributed by atoms with Crippen LogP contribution in [0, 0.1) is 0 Å². The van der Waals surface area contributed by atoms with Gasteiger partial charge in [0.25, 0.3) is 0 Å². The Balaban J connectivity index is 2.34. The highest BCUT2D eigenvalue weighted by Gasteiger charge is 2.06. The van der Waals surface area contributed by atoms with E-state index in [1.807, 2.05) is 48.5 Å². The third-order valence-corrected chi connectivity index (χ3v) is 2.81. The maximum absolute atomic E-state index is 4.60. The summed E-state index contributed by atoms with van der Waals surface area (Å²) < 4.78 is 0. The van der Waals surface area contributed by atoms with Crippen LogP contribution in [0.3, 0.4) is 0 Å². The first-order chi connectivity index (χ1) is 9.35. The molecule has 0 aromatic heterocycles. The number of nitrogens with zero attached hydrogens (tertiary/aromatic N) is 2. The summed E-state index contributed by atoms with van der Waals surface area (Å²) in [6, 6.07) is 18.1. The van der Waals surface area contributed by atoms with Crippen molar-refractivity contribution in [1.29, 1.82) is 0 Å². The molecule has 2 nitrogen and oxygen atoms in total. The molecule has 0 aliphatic carbocycles. The lowest BCUT2D eigenvalue weighted by molar-refractivity contribution is 1.10. The number of rotatable bonds is 5. The fourth-order valence-electron chi connectivity index (χ4n) is 1.86. The second-order valence-electron chi connectivity index (χ2n) is 3.95. The van der Waals surface area contributed by atoms with Crippen LogP contribution in [-0.2, 0) is 0 Å². The van der Waals surface area contributed by atoms with E-state index in [9.17, 15) is 0 Å². The Hall–Kier alpha value is -2.22. The Bertz CT molecular complexity index is 584. The van der Waals surface area contributed by atoms with Gasteiger partial charge in [0.05, 0.1) is 10.8 Å². The predicted octanol–water partition coefficient (Wildman–Crippen LogP) is 4.75. The van der Waals surface area contributed by atoms with Gasteiger partial charge in [-0.25, -0.2) is 0 Å². The summed E-state index contributed by atoms with van der Waals surface area (Å²) in [5.41, 5.74) is 3.04.